The molecular weight excluding hydrogens is 476 g/mol. The van der Waals surface area contributed by atoms with Crippen LogP contribution in [0.4, 0.5) is 4.79 Å². The summed E-state index contributed by atoms with van der Waals surface area (Å²) in [6, 6.07) is -1.50. The Morgan fingerprint density at radius 2 is 1.28 bits per heavy atom. The highest BCUT2D eigenvalue weighted by Gasteiger charge is 2.36. The van der Waals surface area contributed by atoms with E-state index in [1.165, 1.54) is 0 Å². The number of nitrogens with zero attached hydrogens (tertiary/aromatic N) is 2. The van der Waals surface area contributed by atoms with Gasteiger partial charge in [0, 0.05) is 28.4 Å². The van der Waals surface area contributed by atoms with E-state index in [1.54, 1.807) is 55.4 Å². The molecule has 0 heterocycles. The summed E-state index contributed by atoms with van der Waals surface area (Å²) in [5.41, 5.74) is -0.781. The number of nitrogens with one attached hydrogen (secondary N) is 2. The van der Waals surface area contributed by atoms with Gasteiger partial charge in [0.1, 0.15) is 5.60 Å². The molecule has 0 rings (SSSR count). The lowest BCUT2D eigenvalue weighted by molar-refractivity contribution is -0.489. The lowest BCUT2D eigenvalue weighted by Crippen LogP contribution is -2.51. The Morgan fingerprint density at radius 1 is 0.833 bits per heavy atom. The summed E-state index contributed by atoms with van der Waals surface area (Å²) in [4.78, 5) is 58.9. The van der Waals surface area contributed by atoms with Gasteiger partial charge in [-0.05, 0) is 39.5 Å². The number of carbonyl (C=O) groups excluding carboxylic acids is 3. The largest absolute Gasteiger partial charge is 0.466 e. The molecule has 0 bridgehead atoms. The molecule has 0 aliphatic carbocycles. The first kappa shape index (κ1) is 33.0. The highest BCUT2D eigenvalue weighted by Crippen LogP contribution is 2.22. The van der Waals surface area contributed by atoms with E-state index in [9.17, 15) is 34.6 Å². The Balaban J connectivity index is 5.76. The van der Waals surface area contributed by atoms with Crippen molar-refractivity contribution in [3.63, 3.8) is 0 Å². The molecule has 0 spiro atoms. The van der Waals surface area contributed by atoms with E-state index < -0.39 is 70.4 Å². The average molecular weight is 519 g/mol. The summed E-state index contributed by atoms with van der Waals surface area (Å²) in [6.07, 6.45) is -1.33. The van der Waals surface area contributed by atoms with Crippen molar-refractivity contribution in [2.45, 2.75) is 85.9 Å². The quantitative estimate of drug-likeness (QED) is 0.187. The maximum absolute atomic E-state index is 13.0. The van der Waals surface area contributed by atoms with E-state index in [4.69, 9.17) is 9.47 Å². The normalized spacial score (nSPS) is 14.9. The molecule has 2 N–H and O–H groups in total. The van der Waals surface area contributed by atoms with Crippen molar-refractivity contribution in [2.75, 3.05) is 19.7 Å². The van der Waals surface area contributed by atoms with E-state index in [0.29, 0.717) is 0 Å². The van der Waals surface area contributed by atoms with Gasteiger partial charge < -0.3 is 20.1 Å². The fourth-order valence-electron chi connectivity index (χ4n) is 4.01. The zero-order valence-electron chi connectivity index (χ0n) is 22.6. The van der Waals surface area contributed by atoms with Crippen LogP contribution in [-0.4, -0.2) is 65.2 Å². The van der Waals surface area contributed by atoms with Gasteiger partial charge in [-0.2, -0.15) is 0 Å². The van der Waals surface area contributed by atoms with Crippen molar-refractivity contribution in [3.05, 3.63) is 20.2 Å². The molecule has 0 aliphatic rings. The highest BCUT2D eigenvalue weighted by molar-refractivity contribution is 5.77. The van der Waals surface area contributed by atoms with Gasteiger partial charge in [-0.1, -0.05) is 27.7 Å². The second kappa shape index (κ2) is 15.2. The number of hydrogen-bond donors (Lipinski definition) is 2. The predicted octanol–water partition coefficient (Wildman–Crippen LogP) is 2.81. The monoisotopic (exact) mass is 518 g/mol. The molecule has 0 saturated heterocycles. The lowest BCUT2D eigenvalue weighted by atomic mass is 9.85. The minimum absolute atomic E-state index is 0.118. The van der Waals surface area contributed by atoms with E-state index in [0.717, 1.165) is 0 Å². The summed E-state index contributed by atoms with van der Waals surface area (Å²) >= 11 is 0. The smallest absolute Gasteiger partial charge is 0.407 e. The van der Waals surface area contributed by atoms with Crippen molar-refractivity contribution in [1.82, 2.24) is 10.6 Å². The van der Waals surface area contributed by atoms with Crippen LogP contribution in [0.1, 0.15) is 68.2 Å². The van der Waals surface area contributed by atoms with Crippen LogP contribution >= 0.6 is 0 Å². The summed E-state index contributed by atoms with van der Waals surface area (Å²) in [5.74, 6) is -3.44. The number of hydrogen-bond acceptors (Lipinski definition) is 9. The van der Waals surface area contributed by atoms with E-state index in [2.05, 4.69) is 10.6 Å². The molecule has 0 aliphatic heterocycles. The molecule has 36 heavy (non-hydrogen) atoms. The Hall–Kier alpha value is -2.99. The summed E-state index contributed by atoms with van der Waals surface area (Å²) in [5, 5.41) is 28.0. The number of alkyl carbamates (subject to hydrolysis) is 1. The third-order valence-electron chi connectivity index (χ3n) is 5.41. The van der Waals surface area contributed by atoms with Gasteiger partial charge in [-0.15, -0.1) is 0 Å². The van der Waals surface area contributed by atoms with Gasteiger partial charge in [0.05, 0.1) is 24.9 Å². The zero-order chi connectivity index (χ0) is 28.2. The fraction of sp³-hybridized carbons (Fsp3) is 0.870. The third-order valence-corrected chi connectivity index (χ3v) is 5.41. The molecule has 13 heteroatoms. The topological polar surface area (TPSA) is 180 Å². The number of nitro groups is 2. The van der Waals surface area contributed by atoms with Gasteiger partial charge in [0.25, 0.3) is 0 Å². The first-order valence-electron chi connectivity index (χ1n) is 12.1. The number of ether oxygens (including phenoxy) is 2. The molecular formula is C23H42N4O9. The molecule has 13 nitrogen and oxygen atoms in total. The van der Waals surface area contributed by atoms with Crippen LogP contribution in [0.5, 0.6) is 0 Å². The maximum atomic E-state index is 13.0. The molecule has 0 aromatic heterocycles. The summed E-state index contributed by atoms with van der Waals surface area (Å²) in [6.45, 7) is 12.7. The maximum Gasteiger partial charge on any atom is 0.407 e. The van der Waals surface area contributed by atoms with E-state index >= 15 is 0 Å². The van der Waals surface area contributed by atoms with Crippen molar-refractivity contribution in [1.29, 1.82) is 0 Å². The number of rotatable bonds is 15. The van der Waals surface area contributed by atoms with Crippen molar-refractivity contribution in [3.8, 4) is 0 Å². The molecule has 0 radical (unpaired) electrons. The molecule has 0 unspecified atom stereocenters. The Morgan fingerprint density at radius 3 is 1.67 bits per heavy atom. The number of carbonyl (C=O) groups is 3. The standard InChI is InChI=1S/C23H42N4O9/c1-9-35-19(29)11-17(13-27(33)34)20(14(2)3)24-18(28)10-16(12-26(31)32)21(15(4)5)25-22(30)36-23(6,7)8/h14-17,20-21H,9-13H2,1-8H3,(H,24,28)(H,25,30)/t16-,17-,20+,21+/m1/s1. The number of amides is 2. The minimum atomic E-state index is -0.876. The molecule has 0 saturated carbocycles. The van der Waals surface area contributed by atoms with Crippen molar-refractivity contribution >= 4 is 18.0 Å². The van der Waals surface area contributed by atoms with E-state index in [-0.39, 0.29) is 31.3 Å². The first-order valence-corrected chi connectivity index (χ1v) is 12.1. The molecule has 0 fully saturated rings. The van der Waals surface area contributed by atoms with Crippen LogP contribution in [0.25, 0.3) is 0 Å². The third kappa shape index (κ3) is 13.8. The molecule has 0 aromatic rings. The second-order valence-corrected chi connectivity index (χ2v) is 10.5. The first-order chi connectivity index (χ1) is 16.5. The SMILES string of the molecule is CCOC(=O)C[C@H](C[N+](=O)[O-])[C@@H](NC(=O)C[C@H](C[N+](=O)[O-])[C@@H](NC(=O)OC(C)(C)C)C(C)C)C(C)C. The Bertz CT molecular complexity index is 765. The van der Waals surface area contributed by atoms with Gasteiger partial charge in [0.2, 0.25) is 19.0 Å². The Labute approximate surface area is 212 Å². The highest BCUT2D eigenvalue weighted by atomic mass is 16.6. The fourth-order valence-corrected chi connectivity index (χ4v) is 4.01. The summed E-state index contributed by atoms with van der Waals surface area (Å²) in [7, 11) is 0. The van der Waals surface area contributed by atoms with Crippen molar-refractivity contribution in [2.24, 2.45) is 23.7 Å². The van der Waals surface area contributed by atoms with Gasteiger partial charge >= 0.3 is 12.1 Å². The van der Waals surface area contributed by atoms with Crippen LogP contribution in [0, 0.1) is 43.9 Å². The van der Waals surface area contributed by atoms with Crippen molar-refractivity contribution < 1.29 is 33.7 Å². The average Bonchev–Trinajstić information content (AvgIpc) is 2.67. The molecule has 208 valence electrons. The molecule has 4 atom stereocenters. The van der Waals surface area contributed by atoms with E-state index in [1.807, 2.05) is 0 Å². The van der Waals surface area contributed by atoms with Gasteiger partial charge in [0.15, 0.2) is 0 Å². The number of esters is 1. The van der Waals surface area contributed by atoms with Gasteiger partial charge in [-0.3, -0.25) is 29.8 Å². The Kier molecular flexibility index (Phi) is 13.9. The van der Waals surface area contributed by atoms with Crippen LogP contribution in [0.3, 0.4) is 0 Å². The van der Waals surface area contributed by atoms with Crippen LogP contribution in [0.15, 0.2) is 0 Å². The molecule has 2 amide bonds. The van der Waals surface area contributed by atoms with Crippen LogP contribution < -0.4 is 10.6 Å². The summed E-state index contributed by atoms with van der Waals surface area (Å²) < 4.78 is 10.2. The second-order valence-electron chi connectivity index (χ2n) is 10.5. The van der Waals surface area contributed by atoms with Crippen LogP contribution in [-0.2, 0) is 19.1 Å². The molecule has 0 aromatic carbocycles. The zero-order valence-corrected chi connectivity index (χ0v) is 22.6. The lowest BCUT2D eigenvalue weighted by Gasteiger charge is -2.32. The van der Waals surface area contributed by atoms with Crippen LogP contribution in [0.2, 0.25) is 0 Å². The minimum Gasteiger partial charge on any atom is -0.466 e. The predicted molar refractivity (Wildman–Crippen MR) is 131 cm³/mol. The van der Waals surface area contributed by atoms with Gasteiger partial charge in [-0.25, -0.2) is 4.79 Å².